The number of aromatic nitrogens is 3. The number of fused-ring (bicyclic) bond motifs is 2. The van der Waals surface area contributed by atoms with Gasteiger partial charge < -0.3 is 25.2 Å². The van der Waals surface area contributed by atoms with E-state index in [2.05, 4.69) is 19.9 Å². The van der Waals surface area contributed by atoms with Gasteiger partial charge in [-0.3, -0.25) is 24.8 Å². The number of carbonyl (C=O) groups excluding carboxylic acids is 1. The Kier molecular flexibility index (Phi) is 5.72. The lowest BCUT2D eigenvalue weighted by atomic mass is 9.68. The van der Waals surface area contributed by atoms with E-state index in [9.17, 15) is 18.4 Å². The predicted molar refractivity (Wildman–Crippen MR) is 130 cm³/mol. The summed E-state index contributed by atoms with van der Waals surface area (Å²) in [6.07, 6.45) is 1.14. The van der Waals surface area contributed by atoms with Crippen LogP contribution in [0.3, 0.4) is 0 Å². The van der Waals surface area contributed by atoms with Gasteiger partial charge in [0.15, 0.2) is 0 Å². The van der Waals surface area contributed by atoms with Crippen molar-refractivity contribution in [3.05, 3.63) is 64.0 Å². The highest BCUT2D eigenvalue weighted by molar-refractivity contribution is 5.92. The molecule has 3 aromatic rings. The first-order chi connectivity index (χ1) is 18.0. The molecule has 6 heterocycles. The van der Waals surface area contributed by atoms with Crippen molar-refractivity contribution in [1.29, 1.82) is 0 Å². The highest BCUT2D eigenvalue weighted by atomic mass is 19.1. The summed E-state index contributed by atoms with van der Waals surface area (Å²) in [5, 5.41) is 28.3. The minimum atomic E-state index is -3.43. The van der Waals surface area contributed by atoms with Crippen LogP contribution in [0.2, 0.25) is 0 Å². The van der Waals surface area contributed by atoms with Crippen molar-refractivity contribution in [2.75, 3.05) is 24.5 Å². The smallest absolute Gasteiger partial charge is 0.368 e. The van der Waals surface area contributed by atoms with Crippen molar-refractivity contribution >= 4 is 22.5 Å². The molecule has 7 rings (SSSR count). The summed E-state index contributed by atoms with van der Waals surface area (Å²) in [5.74, 6) is -2.56. The van der Waals surface area contributed by atoms with Crippen molar-refractivity contribution < 1.29 is 28.9 Å². The number of hydrogen-bond donors (Lipinski definition) is 5. The zero-order valence-corrected chi connectivity index (χ0v) is 20.2. The lowest BCUT2D eigenvalue weighted by Gasteiger charge is -2.40. The third-order valence-electron chi connectivity index (χ3n) is 8.05. The van der Waals surface area contributed by atoms with Gasteiger partial charge in [0.2, 0.25) is 5.95 Å². The summed E-state index contributed by atoms with van der Waals surface area (Å²) in [6.45, 7) is 1.97. The van der Waals surface area contributed by atoms with Crippen LogP contribution in [0.25, 0.3) is 10.9 Å². The number of carbonyl (C=O) groups is 1. The van der Waals surface area contributed by atoms with Gasteiger partial charge in [0.25, 0.3) is 11.5 Å². The van der Waals surface area contributed by atoms with E-state index in [4.69, 9.17) is 15.3 Å². The number of amides is 1. The van der Waals surface area contributed by atoms with Gasteiger partial charge in [-0.05, 0) is 49.9 Å². The molecule has 4 fully saturated rings. The first-order valence-corrected chi connectivity index (χ1v) is 12.4. The van der Waals surface area contributed by atoms with E-state index in [0.717, 1.165) is 44.1 Å². The lowest BCUT2D eigenvalue weighted by Crippen LogP contribution is -2.48. The van der Waals surface area contributed by atoms with Gasteiger partial charge in [0.1, 0.15) is 11.5 Å². The average Bonchev–Trinajstić information content (AvgIpc) is 3.41. The van der Waals surface area contributed by atoms with E-state index in [0.29, 0.717) is 30.7 Å². The Bertz CT molecular complexity index is 1480. The Hall–Kier alpha value is -3.52. The second kappa shape index (κ2) is 8.76. The fourth-order valence-corrected chi connectivity index (χ4v) is 6.26. The van der Waals surface area contributed by atoms with Crippen LogP contribution in [0.5, 0.6) is 0 Å². The Labute approximate surface area is 214 Å². The topological polar surface area (TPSA) is 155 Å². The minimum absolute atomic E-state index is 0.160. The summed E-state index contributed by atoms with van der Waals surface area (Å²) in [4.78, 5) is 39.5. The number of nitrogens with zero attached hydrogens (tertiary/aromatic N) is 4. The molecule has 0 spiro atoms. The Morgan fingerprint density at radius 3 is 2.55 bits per heavy atom. The molecule has 5 N–H and O–H groups in total. The van der Waals surface area contributed by atoms with Crippen LogP contribution in [0.4, 0.5) is 14.5 Å². The van der Waals surface area contributed by atoms with Crippen molar-refractivity contribution in [2.45, 2.75) is 49.3 Å². The highest BCUT2D eigenvalue weighted by Crippen LogP contribution is 2.54. The van der Waals surface area contributed by atoms with Crippen LogP contribution in [0.15, 0.2) is 35.3 Å². The summed E-state index contributed by atoms with van der Waals surface area (Å²) in [6, 6.07) is 6.42. The van der Waals surface area contributed by atoms with Gasteiger partial charge in [-0.1, -0.05) is 0 Å². The molecular weight excluding hydrogens is 502 g/mol. The number of rotatable bonds is 5. The molecule has 1 saturated carbocycles. The van der Waals surface area contributed by atoms with Crippen molar-refractivity contribution in [1.82, 2.24) is 25.2 Å². The van der Waals surface area contributed by atoms with Gasteiger partial charge in [-0.25, -0.2) is 9.37 Å². The van der Waals surface area contributed by atoms with E-state index in [-0.39, 0.29) is 22.0 Å². The second-order valence-corrected chi connectivity index (χ2v) is 10.4. The first-order valence-electron chi connectivity index (χ1n) is 12.4. The molecule has 0 unspecified atom stereocenters. The van der Waals surface area contributed by atoms with Crippen molar-refractivity contribution in [3.63, 3.8) is 0 Å². The molecule has 200 valence electrons. The van der Waals surface area contributed by atoms with E-state index in [1.807, 2.05) is 11.0 Å². The molecule has 2 bridgehead atoms. The SMILES string of the molecule is O=C(NC(O)(O)O)c1ccc(N2CCC(N3CC4(c5cc6ncc(F)cc6c(=O)[nH]5)CC3C4)CC2)c(F)n1. The Morgan fingerprint density at radius 1 is 1.13 bits per heavy atom. The fourth-order valence-electron chi connectivity index (χ4n) is 6.26. The molecule has 38 heavy (non-hydrogen) atoms. The quantitative estimate of drug-likeness (QED) is 0.232. The monoisotopic (exact) mass is 528 g/mol. The van der Waals surface area contributed by atoms with Crippen LogP contribution in [-0.4, -0.2) is 78.9 Å². The number of nitrogens with one attached hydrogen (secondary N) is 2. The van der Waals surface area contributed by atoms with Gasteiger partial charge >= 0.3 is 6.10 Å². The molecule has 1 amide bonds. The zero-order valence-electron chi connectivity index (χ0n) is 20.2. The standard InChI is InChI=1S/C25H26F2N6O5/c26-13-7-16-18(28-11-13)8-20(30-22(16)34)24-9-15(10-24)33(12-24)14-3-5-32(6-4-14)19-2-1-17(29-21(19)27)23(35)31-25(36,37)38/h1-2,7-8,11,14-15,36-38H,3-6,9-10,12H2,(H,30,34)(H,31,35). The summed E-state index contributed by atoms with van der Waals surface area (Å²) in [5.41, 5.74) is 0.657. The van der Waals surface area contributed by atoms with Crippen molar-refractivity contribution in [2.24, 2.45) is 0 Å². The number of piperidine rings is 1. The van der Waals surface area contributed by atoms with Crippen LogP contribution in [0, 0.1) is 11.8 Å². The largest absolute Gasteiger partial charge is 0.369 e. The Morgan fingerprint density at radius 2 is 1.87 bits per heavy atom. The number of anilines is 1. The molecule has 3 aromatic heterocycles. The molecule has 3 saturated heterocycles. The van der Waals surface area contributed by atoms with Gasteiger partial charge in [0, 0.05) is 42.8 Å². The molecule has 0 atom stereocenters. The van der Waals surface area contributed by atoms with Gasteiger partial charge in [-0.2, -0.15) is 4.39 Å². The molecular formula is C25H26F2N6O5. The van der Waals surface area contributed by atoms with Crippen molar-refractivity contribution in [3.8, 4) is 0 Å². The maximum atomic E-state index is 14.7. The molecule has 11 nitrogen and oxygen atoms in total. The number of halogens is 2. The molecule has 1 aliphatic carbocycles. The average molecular weight is 529 g/mol. The van der Waals surface area contributed by atoms with Crippen LogP contribution < -0.4 is 15.8 Å². The van der Waals surface area contributed by atoms with Crippen LogP contribution >= 0.6 is 0 Å². The number of hydrogen-bond acceptors (Lipinski definition) is 9. The minimum Gasteiger partial charge on any atom is -0.368 e. The van der Waals surface area contributed by atoms with E-state index in [1.165, 1.54) is 23.5 Å². The van der Waals surface area contributed by atoms with Gasteiger partial charge in [-0.15, -0.1) is 0 Å². The number of aliphatic hydroxyl groups is 3. The first kappa shape index (κ1) is 24.8. The normalized spacial score (nSPS) is 24.0. The Balaban J connectivity index is 1.11. The summed E-state index contributed by atoms with van der Waals surface area (Å²) >= 11 is 0. The maximum absolute atomic E-state index is 14.7. The van der Waals surface area contributed by atoms with Crippen LogP contribution in [-0.2, 0) is 5.41 Å². The highest BCUT2D eigenvalue weighted by Gasteiger charge is 2.58. The van der Waals surface area contributed by atoms with Gasteiger partial charge in [0.05, 0.1) is 22.8 Å². The number of pyridine rings is 3. The molecule has 3 aliphatic heterocycles. The van der Waals surface area contributed by atoms with Crippen LogP contribution in [0.1, 0.15) is 41.9 Å². The molecule has 0 radical (unpaired) electrons. The molecule has 13 heteroatoms. The predicted octanol–water partition coefficient (Wildman–Crippen LogP) is 0.299. The zero-order chi connectivity index (χ0) is 26.8. The third-order valence-corrected chi connectivity index (χ3v) is 8.05. The summed E-state index contributed by atoms with van der Waals surface area (Å²) in [7, 11) is 0. The second-order valence-electron chi connectivity index (χ2n) is 10.4. The maximum Gasteiger partial charge on any atom is 0.369 e. The van der Waals surface area contributed by atoms with E-state index < -0.39 is 29.5 Å². The number of H-pyrrole nitrogens is 1. The van der Waals surface area contributed by atoms with E-state index >= 15 is 0 Å². The summed E-state index contributed by atoms with van der Waals surface area (Å²) < 4.78 is 28.2. The lowest BCUT2D eigenvalue weighted by molar-refractivity contribution is -0.323. The molecule has 4 aliphatic rings. The fraction of sp³-hybridized carbons (Fsp3) is 0.440. The third kappa shape index (κ3) is 4.30. The van der Waals surface area contributed by atoms with E-state index in [1.54, 1.807) is 0 Å². The molecule has 0 aromatic carbocycles. The number of aromatic amines is 1.